The second-order valence-corrected chi connectivity index (χ2v) is 4.09. The first kappa shape index (κ1) is 8.22. The van der Waals surface area contributed by atoms with Crippen molar-refractivity contribution in [1.29, 1.82) is 0 Å². The Morgan fingerprint density at radius 3 is 2.17 bits per heavy atom. The van der Waals surface area contributed by atoms with Crippen LogP contribution in [0.2, 0.25) is 0 Å². The van der Waals surface area contributed by atoms with Crippen LogP contribution in [0.4, 0.5) is 5.69 Å². The van der Waals surface area contributed by atoms with Crippen LogP contribution in [0.1, 0.15) is 12.8 Å². The Morgan fingerprint density at radius 1 is 1.08 bits per heavy atom. The van der Waals surface area contributed by atoms with Gasteiger partial charge in [-0.15, -0.1) is 0 Å². The van der Waals surface area contributed by atoms with E-state index >= 15 is 0 Å². The lowest BCUT2D eigenvalue weighted by Gasteiger charge is -2.19. The zero-order valence-corrected chi connectivity index (χ0v) is 8.63. The Bertz CT molecular complexity index is 372. The van der Waals surface area contributed by atoms with Crippen LogP contribution >= 0.6 is 22.6 Å². The van der Waals surface area contributed by atoms with Crippen LogP contribution in [0.3, 0.4) is 0 Å². The smallest absolute Gasteiger partial charge is 0.251 e. The van der Waals surface area contributed by atoms with Gasteiger partial charge in [0.15, 0.2) is 0 Å². The minimum Gasteiger partial charge on any atom is -0.367 e. The van der Waals surface area contributed by atoms with Crippen molar-refractivity contribution < 1.29 is 0 Å². The first-order chi connectivity index (χ1) is 5.72. The SMILES string of the molecule is O=c1c(I)c(N2CCCC2)c1=O. The van der Waals surface area contributed by atoms with Crippen molar-refractivity contribution in [2.75, 3.05) is 18.0 Å². The highest BCUT2D eigenvalue weighted by Gasteiger charge is 2.25. The van der Waals surface area contributed by atoms with E-state index in [0.29, 0.717) is 9.26 Å². The molecular formula is C8H8INO2. The van der Waals surface area contributed by atoms with Crippen LogP contribution in [0.25, 0.3) is 0 Å². The number of nitrogens with zero attached hydrogens (tertiary/aromatic N) is 1. The highest BCUT2D eigenvalue weighted by Crippen LogP contribution is 2.20. The normalized spacial score (nSPS) is 17.6. The number of anilines is 1. The summed E-state index contributed by atoms with van der Waals surface area (Å²) in [5.41, 5.74) is 0.0666. The van der Waals surface area contributed by atoms with Gasteiger partial charge in [0.2, 0.25) is 5.43 Å². The maximum absolute atomic E-state index is 11.1. The zero-order valence-electron chi connectivity index (χ0n) is 6.47. The summed E-state index contributed by atoms with van der Waals surface area (Å²) in [6, 6.07) is 0. The van der Waals surface area contributed by atoms with Gasteiger partial charge in [0.1, 0.15) is 5.69 Å². The average molecular weight is 277 g/mol. The van der Waals surface area contributed by atoms with Crippen molar-refractivity contribution in [1.82, 2.24) is 0 Å². The fourth-order valence-corrected chi connectivity index (χ4v) is 2.41. The summed E-state index contributed by atoms with van der Waals surface area (Å²) in [6.45, 7) is 1.86. The molecule has 1 aromatic rings. The van der Waals surface area contributed by atoms with E-state index in [1.54, 1.807) is 0 Å². The van der Waals surface area contributed by atoms with Crippen LogP contribution in [-0.2, 0) is 0 Å². The number of halogens is 1. The Balaban J connectivity index is 2.35. The molecule has 0 radical (unpaired) electrons. The summed E-state index contributed by atoms with van der Waals surface area (Å²) >= 11 is 1.95. The second kappa shape index (κ2) is 2.83. The quantitative estimate of drug-likeness (QED) is 0.553. The van der Waals surface area contributed by atoms with Crippen LogP contribution in [0, 0.1) is 3.57 Å². The fraction of sp³-hybridized carbons (Fsp3) is 0.500. The van der Waals surface area contributed by atoms with Gasteiger partial charge < -0.3 is 4.90 Å². The van der Waals surface area contributed by atoms with Crippen LogP contribution in [0.15, 0.2) is 9.59 Å². The Kier molecular flexibility index (Phi) is 1.94. The van der Waals surface area contributed by atoms with Gasteiger partial charge in [-0.25, -0.2) is 0 Å². The van der Waals surface area contributed by atoms with Crippen molar-refractivity contribution in [2.24, 2.45) is 0 Å². The van der Waals surface area contributed by atoms with Crippen LogP contribution in [0.5, 0.6) is 0 Å². The first-order valence-corrected chi connectivity index (χ1v) is 5.03. The minimum absolute atomic E-state index is 0.290. The standard InChI is InChI=1S/C8H8INO2/c9-5-6(8(12)7(5)11)10-3-1-2-4-10/h1-4H2. The molecule has 1 saturated heterocycles. The van der Waals surface area contributed by atoms with E-state index < -0.39 is 0 Å². The molecule has 1 aromatic carbocycles. The van der Waals surface area contributed by atoms with Gasteiger partial charge in [0, 0.05) is 13.1 Å². The summed E-state index contributed by atoms with van der Waals surface area (Å²) in [5.74, 6) is 0. The van der Waals surface area contributed by atoms with E-state index in [0.717, 1.165) is 25.9 Å². The molecule has 0 aromatic heterocycles. The summed E-state index contributed by atoms with van der Waals surface area (Å²) in [5, 5.41) is 0. The average Bonchev–Trinajstić information content (AvgIpc) is 2.57. The van der Waals surface area contributed by atoms with Gasteiger partial charge in [0.05, 0.1) is 3.57 Å². The molecule has 4 heteroatoms. The highest BCUT2D eigenvalue weighted by atomic mass is 127. The Labute approximate surface area is 83.2 Å². The third-order valence-corrected chi connectivity index (χ3v) is 3.25. The molecular weight excluding hydrogens is 269 g/mol. The fourth-order valence-electron chi connectivity index (χ4n) is 1.58. The number of hydrogen-bond donors (Lipinski definition) is 0. The van der Waals surface area contributed by atoms with Crippen molar-refractivity contribution in [3.63, 3.8) is 0 Å². The number of hydrogen-bond acceptors (Lipinski definition) is 3. The summed E-state index contributed by atoms with van der Waals surface area (Å²) < 4.78 is 0.625. The molecule has 64 valence electrons. The Morgan fingerprint density at radius 2 is 1.67 bits per heavy atom. The van der Waals surface area contributed by atoms with Crippen LogP contribution in [-0.4, -0.2) is 13.1 Å². The highest BCUT2D eigenvalue weighted by molar-refractivity contribution is 14.1. The monoisotopic (exact) mass is 277 g/mol. The zero-order chi connectivity index (χ0) is 8.72. The molecule has 0 amide bonds. The summed E-state index contributed by atoms with van der Waals surface area (Å²) in [6.07, 6.45) is 2.27. The predicted octanol–water partition coefficient (Wildman–Crippen LogP) is 0.487. The molecule has 1 heterocycles. The molecule has 1 aliphatic heterocycles. The second-order valence-electron chi connectivity index (χ2n) is 3.01. The molecule has 3 nitrogen and oxygen atoms in total. The van der Waals surface area contributed by atoms with E-state index in [1.165, 1.54) is 0 Å². The molecule has 0 unspecified atom stereocenters. The lowest BCUT2D eigenvalue weighted by atomic mass is 10.2. The predicted molar refractivity (Wildman–Crippen MR) is 55.5 cm³/mol. The molecule has 0 saturated carbocycles. The lowest BCUT2D eigenvalue weighted by molar-refractivity contribution is 0.943. The van der Waals surface area contributed by atoms with E-state index in [1.807, 2.05) is 27.5 Å². The van der Waals surface area contributed by atoms with Gasteiger partial charge >= 0.3 is 0 Å². The molecule has 2 rings (SSSR count). The summed E-state index contributed by atoms with van der Waals surface area (Å²) in [4.78, 5) is 24.0. The molecule has 12 heavy (non-hydrogen) atoms. The molecule has 0 aliphatic carbocycles. The van der Waals surface area contributed by atoms with Crippen molar-refractivity contribution in [2.45, 2.75) is 12.8 Å². The topological polar surface area (TPSA) is 37.4 Å². The summed E-state index contributed by atoms with van der Waals surface area (Å²) in [7, 11) is 0. The van der Waals surface area contributed by atoms with Gasteiger partial charge in [-0.3, -0.25) is 9.59 Å². The molecule has 1 aliphatic rings. The maximum atomic E-state index is 11.1. The molecule has 1 fully saturated rings. The molecule has 0 spiro atoms. The minimum atomic E-state index is -0.308. The lowest BCUT2D eigenvalue weighted by Crippen LogP contribution is -2.41. The molecule has 0 atom stereocenters. The van der Waals surface area contributed by atoms with E-state index in [2.05, 4.69) is 0 Å². The first-order valence-electron chi connectivity index (χ1n) is 3.95. The molecule has 0 N–H and O–H groups in total. The van der Waals surface area contributed by atoms with Crippen molar-refractivity contribution in [3.05, 3.63) is 24.0 Å². The van der Waals surface area contributed by atoms with E-state index in [-0.39, 0.29) is 10.9 Å². The van der Waals surface area contributed by atoms with Gasteiger partial charge in [-0.1, -0.05) is 0 Å². The largest absolute Gasteiger partial charge is 0.367 e. The third-order valence-electron chi connectivity index (χ3n) is 2.25. The number of rotatable bonds is 1. The van der Waals surface area contributed by atoms with Gasteiger partial charge in [-0.2, -0.15) is 0 Å². The van der Waals surface area contributed by atoms with Crippen molar-refractivity contribution in [3.8, 4) is 0 Å². The van der Waals surface area contributed by atoms with Crippen molar-refractivity contribution >= 4 is 28.3 Å². The molecule has 0 bridgehead atoms. The van der Waals surface area contributed by atoms with Crippen LogP contribution < -0.4 is 15.8 Å². The van der Waals surface area contributed by atoms with Gasteiger partial charge in [0.25, 0.3) is 5.43 Å². The third kappa shape index (κ3) is 1.01. The Hall–Kier alpha value is -0.390. The maximum Gasteiger partial charge on any atom is 0.251 e. The van der Waals surface area contributed by atoms with Gasteiger partial charge in [-0.05, 0) is 35.4 Å². The van der Waals surface area contributed by atoms with E-state index in [4.69, 9.17) is 0 Å². The van der Waals surface area contributed by atoms with E-state index in [9.17, 15) is 9.59 Å².